The van der Waals surface area contributed by atoms with E-state index in [1.807, 2.05) is 0 Å². The molecule has 0 aliphatic heterocycles. The Balaban J connectivity index is 2.03. The maximum absolute atomic E-state index is 5.74. The van der Waals surface area contributed by atoms with Crippen LogP contribution in [0.3, 0.4) is 0 Å². The Labute approximate surface area is 102 Å². The Bertz CT molecular complexity index is 379. The SMILES string of the molecule is COCc1nc(N)cc(NC(C)C2CCC2)n1. The van der Waals surface area contributed by atoms with E-state index in [0.717, 1.165) is 11.7 Å². The van der Waals surface area contributed by atoms with Crippen molar-refractivity contribution in [2.75, 3.05) is 18.2 Å². The number of rotatable bonds is 5. The second kappa shape index (κ2) is 5.31. The molecule has 1 atom stereocenters. The van der Waals surface area contributed by atoms with Gasteiger partial charge in [-0.25, -0.2) is 9.97 Å². The summed E-state index contributed by atoms with van der Waals surface area (Å²) in [4.78, 5) is 8.49. The molecule has 1 heterocycles. The molecule has 0 aromatic carbocycles. The van der Waals surface area contributed by atoms with Gasteiger partial charge in [0.1, 0.15) is 18.2 Å². The third-order valence-electron chi connectivity index (χ3n) is 3.30. The highest BCUT2D eigenvalue weighted by molar-refractivity contribution is 5.45. The van der Waals surface area contributed by atoms with E-state index in [1.54, 1.807) is 13.2 Å². The second-order valence-corrected chi connectivity index (χ2v) is 4.65. The molecule has 2 rings (SSSR count). The maximum Gasteiger partial charge on any atom is 0.158 e. The van der Waals surface area contributed by atoms with Crippen LogP contribution in [0.2, 0.25) is 0 Å². The summed E-state index contributed by atoms with van der Waals surface area (Å²) in [6, 6.07) is 2.21. The number of nitrogens with one attached hydrogen (secondary N) is 1. The van der Waals surface area contributed by atoms with Crippen LogP contribution in [0, 0.1) is 5.92 Å². The molecule has 5 heteroatoms. The summed E-state index contributed by atoms with van der Waals surface area (Å²) in [5.41, 5.74) is 5.74. The van der Waals surface area contributed by atoms with Gasteiger partial charge in [-0.2, -0.15) is 0 Å². The molecule has 0 radical (unpaired) electrons. The van der Waals surface area contributed by atoms with Gasteiger partial charge >= 0.3 is 0 Å². The van der Waals surface area contributed by atoms with E-state index in [1.165, 1.54) is 19.3 Å². The van der Waals surface area contributed by atoms with E-state index in [2.05, 4.69) is 22.2 Å². The molecule has 0 amide bonds. The Kier molecular flexibility index (Phi) is 3.78. The zero-order valence-electron chi connectivity index (χ0n) is 10.4. The molecule has 5 nitrogen and oxygen atoms in total. The first-order valence-corrected chi connectivity index (χ1v) is 6.08. The molecule has 0 saturated heterocycles. The van der Waals surface area contributed by atoms with Crippen LogP contribution < -0.4 is 11.1 Å². The zero-order chi connectivity index (χ0) is 12.3. The van der Waals surface area contributed by atoms with Gasteiger partial charge in [-0.1, -0.05) is 6.42 Å². The van der Waals surface area contributed by atoms with Gasteiger partial charge in [0.2, 0.25) is 0 Å². The van der Waals surface area contributed by atoms with Crippen LogP contribution in [0.25, 0.3) is 0 Å². The number of hydrogen-bond acceptors (Lipinski definition) is 5. The quantitative estimate of drug-likeness (QED) is 0.815. The van der Waals surface area contributed by atoms with Gasteiger partial charge in [0.15, 0.2) is 5.82 Å². The van der Waals surface area contributed by atoms with Gasteiger partial charge in [0, 0.05) is 19.2 Å². The first-order valence-electron chi connectivity index (χ1n) is 6.08. The molecule has 0 spiro atoms. The lowest BCUT2D eigenvalue weighted by Crippen LogP contribution is -2.31. The minimum absolute atomic E-state index is 0.386. The number of anilines is 2. The number of aromatic nitrogens is 2. The predicted octanol–water partition coefficient (Wildman–Crippen LogP) is 1.81. The summed E-state index contributed by atoms with van der Waals surface area (Å²) in [5, 5.41) is 3.40. The lowest BCUT2D eigenvalue weighted by Gasteiger charge is -2.32. The molecular formula is C12H20N4O. The van der Waals surface area contributed by atoms with Gasteiger partial charge in [0.25, 0.3) is 0 Å². The van der Waals surface area contributed by atoms with Crippen LogP contribution in [0.15, 0.2) is 6.07 Å². The van der Waals surface area contributed by atoms with E-state index in [-0.39, 0.29) is 0 Å². The van der Waals surface area contributed by atoms with Crippen LogP contribution in [0.4, 0.5) is 11.6 Å². The Morgan fingerprint density at radius 1 is 1.53 bits per heavy atom. The summed E-state index contributed by atoms with van der Waals surface area (Å²) >= 11 is 0. The van der Waals surface area contributed by atoms with Gasteiger partial charge in [-0.05, 0) is 25.7 Å². The molecule has 1 aliphatic rings. The van der Waals surface area contributed by atoms with Gasteiger partial charge in [-0.15, -0.1) is 0 Å². The average molecular weight is 236 g/mol. The predicted molar refractivity (Wildman–Crippen MR) is 67.6 cm³/mol. The highest BCUT2D eigenvalue weighted by Crippen LogP contribution is 2.30. The zero-order valence-corrected chi connectivity index (χ0v) is 10.4. The van der Waals surface area contributed by atoms with Gasteiger partial charge in [-0.3, -0.25) is 0 Å². The van der Waals surface area contributed by atoms with E-state index in [4.69, 9.17) is 10.5 Å². The van der Waals surface area contributed by atoms with Crippen molar-refractivity contribution in [1.29, 1.82) is 0 Å². The number of nitrogens with zero attached hydrogens (tertiary/aromatic N) is 2. The van der Waals surface area contributed by atoms with Crippen LogP contribution in [0.5, 0.6) is 0 Å². The lowest BCUT2D eigenvalue weighted by molar-refractivity contribution is 0.178. The highest BCUT2D eigenvalue weighted by Gasteiger charge is 2.24. The van der Waals surface area contributed by atoms with Crippen LogP contribution in [-0.2, 0) is 11.3 Å². The van der Waals surface area contributed by atoms with Crippen LogP contribution in [-0.4, -0.2) is 23.1 Å². The van der Waals surface area contributed by atoms with Crippen molar-refractivity contribution in [3.63, 3.8) is 0 Å². The fourth-order valence-electron chi connectivity index (χ4n) is 2.08. The van der Waals surface area contributed by atoms with Crippen LogP contribution >= 0.6 is 0 Å². The molecule has 0 bridgehead atoms. The summed E-state index contributed by atoms with van der Waals surface area (Å²) in [7, 11) is 1.62. The molecule has 1 aromatic heterocycles. The molecule has 3 N–H and O–H groups in total. The van der Waals surface area contributed by atoms with E-state index in [9.17, 15) is 0 Å². The Hall–Kier alpha value is -1.36. The monoisotopic (exact) mass is 236 g/mol. The Morgan fingerprint density at radius 2 is 2.29 bits per heavy atom. The molecule has 1 saturated carbocycles. The average Bonchev–Trinajstić information content (AvgIpc) is 2.13. The van der Waals surface area contributed by atoms with Crippen molar-refractivity contribution in [3.05, 3.63) is 11.9 Å². The fraction of sp³-hybridized carbons (Fsp3) is 0.667. The van der Waals surface area contributed by atoms with E-state index >= 15 is 0 Å². The highest BCUT2D eigenvalue weighted by atomic mass is 16.5. The fourth-order valence-corrected chi connectivity index (χ4v) is 2.08. The van der Waals surface area contributed by atoms with E-state index < -0.39 is 0 Å². The third kappa shape index (κ3) is 3.06. The number of nitrogens with two attached hydrogens (primary N) is 1. The van der Waals surface area contributed by atoms with Crippen molar-refractivity contribution in [1.82, 2.24) is 9.97 Å². The first kappa shape index (κ1) is 12.1. The van der Waals surface area contributed by atoms with Gasteiger partial charge in [0.05, 0.1) is 0 Å². The van der Waals surface area contributed by atoms with E-state index in [0.29, 0.717) is 24.3 Å². The smallest absolute Gasteiger partial charge is 0.158 e. The molecule has 1 aromatic rings. The largest absolute Gasteiger partial charge is 0.384 e. The number of ether oxygens (including phenoxy) is 1. The Morgan fingerprint density at radius 3 is 2.88 bits per heavy atom. The minimum Gasteiger partial charge on any atom is -0.384 e. The third-order valence-corrected chi connectivity index (χ3v) is 3.30. The van der Waals surface area contributed by atoms with Crippen molar-refractivity contribution in [2.24, 2.45) is 5.92 Å². The molecule has 1 unspecified atom stereocenters. The first-order chi connectivity index (χ1) is 8.19. The normalized spacial score (nSPS) is 17.5. The summed E-state index contributed by atoms with van der Waals surface area (Å²) in [6.07, 6.45) is 3.96. The summed E-state index contributed by atoms with van der Waals surface area (Å²) in [5.74, 6) is 2.66. The lowest BCUT2D eigenvalue weighted by atomic mass is 9.80. The molecule has 17 heavy (non-hydrogen) atoms. The number of nitrogen functional groups attached to an aromatic ring is 1. The molecule has 1 aliphatic carbocycles. The maximum atomic E-state index is 5.74. The van der Waals surface area contributed by atoms with Crippen molar-refractivity contribution in [2.45, 2.75) is 38.8 Å². The standard InChI is InChI=1S/C12H20N4O/c1-8(9-4-3-5-9)14-11-6-10(13)15-12(16-11)7-17-2/h6,8-9H,3-5,7H2,1-2H3,(H3,13,14,15,16). The van der Waals surface area contributed by atoms with Gasteiger partial charge < -0.3 is 15.8 Å². The summed E-state index contributed by atoms with van der Waals surface area (Å²) < 4.78 is 5.01. The minimum atomic E-state index is 0.386. The van der Waals surface area contributed by atoms with Crippen LogP contribution in [0.1, 0.15) is 32.0 Å². The summed E-state index contributed by atoms with van der Waals surface area (Å²) in [6.45, 7) is 2.58. The second-order valence-electron chi connectivity index (χ2n) is 4.65. The van der Waals surface area contributed by atoms with Crippen molar-refractivity contribution in [3.8, 4) is 0 Å². The van der Waals surface area contributed by atoms with Crippen molar-refractivity contribution < 1.29 is 4.74 Å². The molecular weight excluding hydrogens is 216 g/mol. The molecule has 94 valence electrons. The number of methoxy groups -OCH3 is 1. The van der Waals surface area contributed by atoms with Crippen molar-refractivity contribution >= 4 is 11.6 Å². The topological polar surface area (TPSA) is 73.1 Å². The number of hydrogen-bond donors (Lipinski definition) is 2. The molecule has 1 fully saturated rings.